The minimum Gasteiger partial charge on any atom is -0.744 e. The van der Waals surface area contributed by atoms with E-state index in [1.54, 1.807) is 0 Å². The van der Waals surface area contributed by atoms with Gasteiger partial charge in [-0.2, -0.15) is 0 Å². The van der Waals surface area contributed by atoms with E-state index in [2.05, 4.69) is 20.8 Å². The fourth-order valence-electron chi connectivity index (χ4n) is 2.49. The van der Waals surface area contributed by atoms with Gasteiger partial charge in [-0.1, -0.05) is 33.8 Å². The minimum atomic E-state index is -4.80. The summed E-state index contributed by atoms with van der Waals surface area (Å²) in [6, 6.07) is 3.61. The first-order valence-corrected chi connectivity index (χ1v) is 8.14. The molecule has 0 saturated heterocycles. The van der Waals surface area contributed by atoms with E-state index in [1.807, 2.05) is 6.92 Å². The SMILES string of the molecule is CC(CC(=O)c1cccc(S(=O)(=O)[O-])c1O)CC(C)(C)C.[Na+]. The molecule has 0 spiro atoms. The molecule has 7 heteroatoms. The Balaban J connectivity index is 0.00000441. The van der Waals surface area contributed by atoms with Crippen molar-refractivity contribution in [2.45, 2.75) is 45.4 Å². The number of carbonyl (C=O) groups excluding carboxylic acids is 1. The smallest absolute Gasteiger partial charge is 0.744 e. The van der Waals surface area contributed by atoms with E-state index in [1.165, 1.54) is 12.1 Å². The van der Waals surface area contributed by atoms with Crippen LogP contribution in [-0.2, 0) is 10.1 Å². The molecule has 0 radical (unpaired) electrons. The van der Waals surface area contributed by atoms with Crippen LogP contribution in [0.2, 0.25) is 0 Å². The predicted octanol–water partition coefficient (Wildman–Crippen LogP) is -0.0546. The molecule has 0 aromatic heterocycles. The predicted molar refractivity (Wildman–Crippen MR) is 78.3 cm³/mol. The molecule has 0 aliphatic heterocycles. The number of carbonyl (C=O) groups is 1. The van der Waals surface area contributed by atoms with Gasteiger partial charge in [-0.25, -0.2) is 8.42 Å². The summed E-state index contributed by atoms with van der Waals surface area (Å²) in [5.74, 6) is -1.03. The van der Waals surface area contributed by atoms with Crippen molar-refractivity contribution in [2.24, 2.45) is 11.3 Å². The third-order valence-corrected chi connectivity index (χ3v) is 3.93. The van der Waals surface area contributed by atoms with E-state index < -0.39 is 20.8 Å². The molecule has 0 fully saturated rings. The average Bonchev–Trinajstić information content (AvgIpc) is 2.24. The standard InChI is InChI=1S/C15H22O5S.Na/c1-10(9-15(2,3)4)8-12(16)11-6-5-7-13(14(11)17)21(18,19)20;/h5-7,10,17H,8-9H2,1-4H3,(H,18,19,20);/q;+1/p-1. The van der Waals surface area contributed by atoms with Crippen molar-refractivity contribution >= 4 is 15.9 Å². The van der Waals surface area contributed by atoms with Gasteiger partial charge in [0, 0.05) is 6.42 Å². The first-order valence-electron chi connectivity index (χ1n) is 6.73. The summed E-state index contributed by atoms with van der Waals surface area (Å²) < 4.78 is 33.0. The quantitative estimate of drug-likeness (QED) is 0.462. The van der Waals surface area contributed by atoms with Crippen LogP contribution in [0.5, 0.6) is 5.75 Å². The average molecular weight is 336 g/mol. The minimum absolute atomic E-state index is 0. The topological polar surface area (TPSA) is 94.5 Å². The summed E-state index contributed by atoms with van der Waals surface area (Å²) in [6.07, 6.45) is 1.01. The summed E-state index contributed by atoms with van der Waals surface area (Å²) in [5.41, 5.74) is -0.0465. The number of ketones is 1. The van der Waals surface area contributed by atoms with E-state index in [0.717, 1.165) is 12.5 Å². The van der Waals surface area contributed by atoms with Gasteiger partial charge in [-0.15, -0.1) is 0 Å². The molecule has 1 aromatic rings. The van der Waals surface area contributed by atoms with E-state index >= 15 is 0 Å². The Labute approximate surface area is 154 Å². The summed E-state index contributed by atoms with van der Waals surface area (Å²) in [4.78, 5) is 11.4. The summed E-state index contributed by atoms with van der Waals surface area (Å²) in [5, 5.41) is 9.84. The van der Waals surface area contributed by atoms with Crippen molar-refractivity contribution in [3.63, 3.8) is 0 Å². The molecule has 118 valence electrons. The Morgan fingerprint density at radius 3 is 2.32 bits per heavy atom. The van der Waals surface area contributed by atoms with Gasteiger partial charge < -0.3 is 9.66 Å². The molecular weight excluding hydrogens is 315 g/mol. The summed E-state index contributed by atoms with van der Waals surface area (Å²) in [6.45, 7) is 8.12. The zero-order valence-corrected chi connectivity index (χ0v) is 16.5. The van der Waals surface area contributed by atoms with Crippen LogP contribution in [0, 0.1) is 11.3 Å². The van der Waals surface area contributed by atoms with Gasteiger partial charge in [0.1, 0.15) is 15.9 Å². The Morgan fingerprint density at radius 1 is 1.32 bits per heavy atom. The molecular formula is C15H21NaO5S. The van der Waals surface area contributed by atoms with Crippen molar-refractivity contribution in [2.75, 3.05) is 0 Å². The maximum atomic E-state index is 12.2. The molecule has 1 aromatic carbocycles. The fraction of sp³-hybridized carbons (Fsp3) is 0.533. The largest absolute Gasteiger partial charge is 1.00 e. The number of phenolic OH excluding ortho intramolecular Hbond substituents is 1. The van der Waals surface area contributed by atoms with Crippen molar-refractivity contribution in [3.8, 4) is 5.75 Å². The van der Waals surface area contributed by atoms with Gasteiger partial charge in [0.15, 0.2) is 5.78 Å². The second-order valence-electron chi connectivity index (χ2n) is 6.60. The first-order chi connectivity index (χ1) is 9.42. The Kier molecular flexibility index (Phi) is 7.78. The molecule has 5 nitrogen and oxygen atoms in total. The molecule has 1 atom stereocenters. The van der Waals surface area contributed by atoms with E-state index in [0.29, 0.717) is 0 Å². The third kappa shape index (κ3) is 6.38. The number of aromatic hydroxyl groups is 1. The second-order valence-corrected chi connectivity index (χ2v) is 7.95. The third-order valence-electron chi connectivity index (χ3n) is 3.06. The Bertz CT molecular complexity index is 632. The molecule has 0 bridgehead atoms. The molecule has 0 saturated carbocycles. The molecule has 0 amide bonds. The maximum absolute atomic E-state index is 12.2. The maximum Gasteiger partial charge on any atom is 1.00 e. The van der Waals surface area contributed by atoms with Gasteiger partial charge >= 0.3 is 29.6 Å². The number of para-hydroxylation sites is 1. The van der Waals surface area contributed by atoms with Crippen molar-refractivity contribution in [3.05, 3.63) is 23.8 Å². The molecule has 22 heavy (non-hydrogen) atoms. The van der Waals surface area contributed by atoms with Crippen molar-refractivity contribution in [1.82, 2.24) is 0 Å². The Morgan fingerprint density at radius 2 is 1.86 bits per heavy atom. The number of hydrogen-bond acceptors (Lipinski definition) is 5. The van der Waals surface area contributed by atoms with Gasteiger partial charge in [0.2, 0.25) is 0 Å². The molecule has 0 aliphatic carbocycles. The van der Waals surface area contributed by atoms with Crippen LogP contribution < -0.4 is 29.6 Å². The van der Waals surface area contributed by atoms with Crippen LogP contribution in [0.15, 0.2) is 23.1 Å². The number of rotatable bonds is 5. The molecule has 1 N–H and O–H groups in total. The van der Waals surface area contributed by atoms with E-state index in [-0.39, 0.29) is 58.7 Å². The van der Waals surface area contributed by atoms with E-state index in [9.17, 15) is 22.9 Å². The summed E-state index contributed by atoms with van der Waals surface area (Å²) in [7, 11) is -4.80. The van der Waals surface area contributed by atoms with Crippen molar-refractivity contribution < 1.29 is 52.4 Å². The zero-order chi connectivity index (χ0) is 16.4. The van der Waals surface area contributed by atoms with Crippen LogP contribution in [0.3, 0.4) is 0 Å². The van der Waals surface area contributed by atoms with Gasteiger partial charge in [-0.05, 0) is 29.9 Å². The van der Waals surface area contributed by atoms with E-state index in [4.69, 9.17) is 0 Å². The molecule has 0 heterocycles. The fourth-order valence-corrected chi connectivity index (χ4v) is 3.09. The first kappa shape index (κ1) is 21.6. The van der Waals surface area contributed by atoms with Crippen LogP contribution in [-0.4, -0.2) is 23.9 Å². The van der Waals surface area contributed by atoms with Crippen LogP contribution in [0.25, 0.3) is 0 Å². The number of Topliss-reactive ketones (excluding diaryl/α,β-unsaturated/α-hetero) is 1. The Hall–Kier alpha value is -0.400. The van der Waals surface area contributed by atoms with Gasteiger partial charge in [-0.3, -0.25) is 4.79 Å². The number of benzene rings is 1. The van der Waals surface area contributed by atoms with Gasteiger partial charge in [0.05, 0.1) is 10.5 Å². The summed E-state index contributed by atoms with van der Waals surface area (Å²) >= 11 is 0. The number of hydrogen-bond donors (Lipinski definition) is 1. The molecule has 0 aliphatic rings. The second kappa shape index (κ2) is 7.93. The van der Waals surface area contributed by atoms with Crippen LogP contribution in [0.4, 0.5) is 0 Å². The number of phenols is 1. The molecule has 1 rings (SSSR count). The van der Waals surface area contributed by atoms with Crippen LogP contribution in [0.1, 0.15) is 50.9 Å². The van der Waals surface area contributed by atoms with Gasteiger partial charge in [0.25, 0.3) is 0 Å². The molecule has 1 unspecified atom stereocenters. The monoisotopic (exact) mass is 336 g/mol. The zero-order valence-electron chi connectivity index (χ0n) is 13.7. The van der Waals surface area contributed by atoms with Crippen LogP contribution >= 0.6 is 0 Å². The normalized spacial score (nSPS) is 13.3. The van der Waals surface area contributed by atoms with Crippen molar-refractivity contribution in [1.29, 1.82) is 0 Å².